The number of ether oxygens (including phenoxy) is 1. The maximum Gasteiger partial charge on any atom is 0.249 e. The van der Waals surface area contributed by atoms with Crippen molar-refractivity contribution in [3.63, 3.8) is 0 Å². The Morgan fingerprint density at radius 2 is 1.76 bits per heavy atom. The fourth-order valence-corrected chi connectivity index (χ4v) is 3.23. The summed E-state index contributed by atoms with van der Waals surface area (Å²) in [5.74, 6) is -0.0808. The van der Waals surface area contributed by atoms with Gasteiger partial charge in [0.25, 0.3) is 0 Å². The fourth-order valence-electron chi connectivity index (χ4n) is 2.97. The molecule has 3 N–H and O–H groups in total. The van der Waals surface area contributed by atoms with Gasteiger partial charge in [0.1, 0.15) is 6.10 Å². The molecule has 0 spiro atoms. The average molecular weight is 426 g/mol. The van der Waals surface area contributed by atoms with E-state index in [2.05, 4.69) is 21.2 Å². The summed E-state index contributed by atoms with van der Waals surface area (Å²) in [4.78, 5) is 12.6. The molecule has 0 radical (unpaired) electrons. The van der Waals surface area contributed by atoms with Gasteiger partial charge in [-0.15, -0.1) is 12.4 Å². The molecule has 1 unspecified atom stereocenters. The fraction of sp³-hybridized carbons (Fsp3) is 0.316. The molecule has 3 rings (SSSR count). The van der Waals surface area contributed by atoms with Crippen LogP contribution in [-0.4, -0.2) is 24.7 Å². The van der Waals surface area contributed by atoms with Crippen LogP contribution in [0, 0.1) is 0 Å². The summed E-state index contributed by atoms with van der Waals surface area (Å²) >= 11 is 3.45. The number of nitrogens with one attached hydrogen (secondary N) is 1. The summed E-state index contributed by atoms with van der Waals surface area (Å²) in [5, 5.41) is 3.14. The lowest BCUT2D eigenvalue weighted by Gasteiger charge is -2.22. The lowest BCUT2D eigenvalue weighted by Crippen LogP contribution is -2.38. The van der Waals surface area contributed by atoms with Crippen molar-refractivity contribution in [2.75, 3.05) is 6.54 Å². The molecule has 4 nitrogen and oxygen atoms in total. The van der Waals surface area contributed by atoms with Crippen LogP contribution >= 0.6 is 28.3 Å². The summed E-state index contributed by atoms with van der Waals surface area (Å²) in [5.41, 5.74) is 7.71. The zero-order valence-electron chi connectivity index (χ0n) is 13.7. The van der Waals surface area contributed by atoms with E-state index in [1.54, 1.807) is 0 Å². The molecule has 134 valence electrons. The van der Waals surface area contributed by atoms with E-state index in [0.717, 1.165) is 28.4 Å². The first-order valence-electron chi connectivity index (χ1n) is 8.13. The Hall–Kier alpha value is -1.40. The molecule has 0 saturated carbocycles. The molecule has 2 aromatic carbocycles. The number of hydrogen-bond acceptors (Lipinski definition) is 3. The highest BCUT2D eigenvalue weighted by Gasteiger charge is 2.31. The molecule has 0 bridgehead atoms. The second-order valence-electron chi connectivity index (χ2n) is 5.96. The molecule has 1 aliphatic heterocycles. The van der Waals surface area contributed by atoms with Gasteiger partial charge in [-0.1, -0.05) is 58.4 Å². The number of benzene rings is 2. The minimum absolute atomic E-state index is 0. The molecule has 6 heteroatoms. The van der Waals surface area contributed by atoms with Crippen molar-refractivity contribution < 1.29 is 9.53 Å². The van der Waals surface area contributed by atoms with Gasteiger partial charge in [-0.3, -0.25) is 4.79 Å². The van der Waals surface area contributed by atoms with Crippen LogP contribution < -0.4 is 11.1 Å². The number of nitrogens with two attached hydrogens (primary N) is 1. The van der Waals surface area contributed by atoms with Crippen LogP contribution in [0.5, 0.6) is 0 Å². The summed E-state index contributed by atoms with van der Waals surface area (Å²) in [6.45, 7) is 0.457. The number of carbonyl (C=O) groups excluding carboxylic acids is 1. The monoisotopic (exact) mass is 424 g/mol. The van der Waals surface area contributed by atoms with Gasteiger partial charge < -0.3 is 15.8 Å². The highest BCUT2D eigenvalue weighted by atomic mass is 79.9. The first-order chi connectivity index (χ1) is 11.7. The first-order valence-corrected chi connectivity index (χ1v) is 8.93. The van der Waals surface area contributed by atoms with Crippen LogP contribution in [0.1, 0.15) is 30.0 Å². The predicted octanol–water partition coefficient (Wildman–Crippen LogP) is 3.58. The van der Waals surface area contributed by atoms with Gasteiger partial charge in [-0.25, -0.2) is 0 Å². The first kappa shape index (κ1) is 19.9. The third-order valence-electron chi connectivity index (χ3n) is 4.29. The molecule has 0 aliphatic carbocycles. The summed E-state index contributed by atoms with van der Waals surface area (Å²) in [7, 11) is 0. The molecule has 1 amide bonds. The van der Waals surface area contributed by atoms with Crippen molar-refractivity contribution in [2.45, 2.75) is 31.1 Å². The second kappa shape index (κ2) is 9.34. The lowest BCUT2D eigenvalue weighted by atomic mass is 9.98. The Balaban J connectivity index is 0.00000225. The van der Waals surface area contributed by atoms with Gasteiger partial charge in [0.15, 0.2) is 0 Å². The largest absolute Gasteiger partial charge is 0.364 e. The molecule has 3 atom stereocenters. The van der Waals surface area contributed by atoms with Crippen LogP contribution in [0.25, 0.3) is 0 Å². The predicted molar refractivity (Wildman–Crippen MR) is 105 cm³/mol. The van der Waals surface area contributed by atoms with Crippen molar-refractivity contribution in [1.82, 2.24) is 5.32 Å². The quantitative estimate of drug-likeness (QED) is 0.769. The van der Waals surface area contributed by atoms with E-state index in [4.69, 9.17) is 10.5 Å². The minimum Gasteiger partial charge on any atom is -0.364 e. The standard InChI is InChI=1S/C19H21BrN2O2.ClH/c20-15-8-6-14(7-9-15)18(13-4-2-1-3-5-13)22-19(23)17-11-10-16(12-21)24-17;/h1-9,16-18H,10-12,21H2,(H,22,23);1H/t16-,17+,18?;/m1./s1. The Labute approximate surface area is 162 Å². The van der Waals surface area contributed by atoms with Gasteiger partial charge in [-0.05, 0) is 36.1 Å². The zero-order valence-corrected chi connectivity index (χ0v) is 16.1. The third kappa shape index (κ3) is 5.05. The highest BCUT2D eigenvalue weighted by Crippen LogP contribution is 2.25. The lowest BCUT2D eigenvalue weighted by molar-refractivity contribution is -0.132. The van der Waals surface area contributed by atoms with Gasteiger partial charge in [-0.2, -0.15) is 0 Å². The van der Waals surface area contributed by atoms with Gasteiger partial charge in [0.2, 0.25) is 5.91 Å². The summed E-state index contributed by atoms with van der Waals surface area (Å²) < 4.78 is 6.73. The highest BCUT2D eigenvalue weighted by molar-refractivity contribution is 9.10. The van der Waals surface area contributed by atoms with Crippen LogP contribution in [0.4, 0.5) is 0 Å². The Morgan fingerprint density at radius 3 is 2.36 bits per heavy atom. The van der Waals surface area contributed by atoms with Crippen LogP contribution in [-0.2, 0) is 9.53 Å². The van der Waals surface area contributed by atoms with Crippen molar-refractivity contribution in [3.05, 3.63) is 70.2 Å². The minimum atomic E-state index is -0.416. The van der Waals surface area contributed by atoms with E-state index < -0.39 is 6.10 Å². The topological polar surface area (TPSA) is 64.4 Å². The summed E-state index contributed by atoms with van der Waals surface area (Å²) in [6.07, 6.45) is 1.13. The molecule has 1 saturated heterocycles. The van der Waals surface area contributed by atoms with Crippen LogP contribution in [0.3, 0.4) is 0 Å². The molecule has 1 aliphatic rings. The molecule has 25 heavy (non-hydrogen) atoms. The number of halogens is 2. The van der Waals surface area contributed by atoms with Crippen molar-refractivity contribution >= 4 is 34.2 Å². The Bertz CT molecular complexity index is 682. The maximum atomic E-state index is 12.6. The second-order valence-corrected chi connectivity index (χ2v) is 6.88. The molecule has 1 fully saturated rings. The van der Waals surface area contributed by atoms with Crippen LogP contribution in [0.15, 0.2) is 59.1 Å². The van der Waals surface area contributed by atoms with Crippen molar-refractivity contribution in [2.24, 2.45) is 5.73 Å². The molecule has 1 heterocycles. The molecular formula is C19H22BrClN2O2. The van der Waals surface area contributed by atoms with E-state index in [1.165, 1.54) is 0 Å². The van der Waals surface area contributed by atoms with Crippen molar-refractivity contribution in [3.8, 4) is 0 Å². The Morgan fingerprint density at radius 1 is 1.12 bits per heavy atom. The number of hydrogen-bond donors (Lipinski definition) is 2. The summed E-state index contributed by atoms with van der Waals surface area (Å²) in [6, 6.07) is 17.7. The van der Waals surface area contributed by atoms with E-state index in [0.29, 0.717) is 6.54 Å². The zero-order chi connectivity index (χ0) is 16.9. The van der Waals surface area contributed by atoms with E-state index >= 15 is 0 Å². The molecule has 0 aromatic heterocycles. The smallest absolute Gasteiger partial charge is 0.249 e. The molecule has 2 aromatic rings. The third-order valence-corrected chi connectivity index (χ3v) is 4.81. The van der Waals surface area contributed by atoms with Gasteiger partial charge in [0, 0.05) is 11.0 Å². The van der Waals surface area contributed by atoms with Crippen molar-refractivity contribution in [1.29, 1.82) is 0 Å². The normalized spacial score (nSPS) is 20.6. The van der Waals surface area contributed by atoms with E-state index in [1.807, 2.05) is 54.6 Å². The van der Waals surface area contributed by atoms with Gasteiger partial charge in [0.05, 0.1) is 12.1 Å². The number of carbonyl (C=O) groups is 1. The van der Waals surface area contributed by atoms with E-state index in [9.17, 15) is 4.79 Å². The SMILES string of the molecule is Cl.NC[C@H]1CC[C@@H](C(=O)NC(c2ccccc2)c2ccc(Br)cc2)O1. The molecular weight excluding hydrogens is 404 g/mol. The number of amides is 1. The van der Waals surface area contributed by atoms with Crippen LogP contribution in [0.2, 0.25) is 0 Å². The van der Waals surface area contributed by atoms with Gasteiger partial charge >= 0.3 is 0 Å². The van der Waals surface area contributed by atoms with E-state index in [-0.39, 0.29) is 30.5 Å². The maximum absolute atomic E-state index is 12.6. The number of rotatable bonds is 5. The Kier molecular flexibility index (Phi) is 7.44. The average Bonchev–Trinajstić information content (AvgIpc) is 3.10.